The second kappa shape index (κ2) is 10.9. The number of nitrogens with zero attached hydrogens (tertiary/aromatic N) is 4. The molecule has 0 bridgehead atoms. The van der Waals surface area contributed by atoms with Crippen molar-refractivity contribution in [3.05, 3.63) is 35.2 Å². The highest BCUT2D eigenvalue weighted by Gasteiger charge is 2.24. The summed E-state index contributed by atoms with van der Waals surface area (Å²) in [6.45, 7) is 6.59. The Labute approximate surface area is 188 Å². The topological polar surface area (TPSA) is 85.0 Å². The molecule has 168 valence electrons. The average molecular weight is 448 g/mol. The Balaban J connectivity index is 1.30. The molecule has 2 saturated heterocycles. The highest BCUT2D eigenvalue weighted by Crippen LogP contribution is 2.20. The van der Waals surface area contributed by atoms with E-state index in [1.807, 2.05) is 24.3 Å². The fourth-order valence-electron chi connectivity index (χ4n) is 3.86. The monoisotopic (exact) mass is 447 g/mol. The number of aliphatic imine (C=N–C) groups is 1. The van der Waals surface area contributed by atoms with Crippen LogP contribution in [-0.2, 0) is 16.0 Å². The zero-order chi connectivity index (χ0) is 21.5. The third-order valence-electron chi connectivity index (χ3n) is 5.55. The van der Waals surface area contributed by atoms with E-state index in [1.165, 1.54) is 0 Å². The van der Waals surface area contributed by atoms with Crippen molar-refractivity contribution in [1.82, 2.24) is 20.4 Å². The number of nitrogens with one attached hydrogen (secondary N) is 1. The predicted octanol–water partition coefficient (Wildman–Crippen LogP) is 3.52. The fourth-order valence-corrected chi connectivity index (χ4v) is 3.98. The molecule has 2 aliphatic heterocycles. The van der Waals surface area contributed by atoms with Crippen LogP contribution in [0.4, 0.5) is 0 Å². The van der Waals surface area contributed by atoms with Crippen LogP contribution in [0.3, 0.4) is 0 Å². The predicted molar refractivity (Wildman–Crippen MR) is 119 cm³/mol. The number of rotatable bonds is 7. The van der Waals surface area contributed by atoms with Crippen LogP contribution in [0.25, 0.3) is 11.4 Å². The van der Waals surface area contributed by atoms with Crippen molar-refractivity contribution in [2.75, 3.05) is 32.8 Å². The number of piperidine rings is 1. The largest absolute Gasteiger partial charge is 0.376 e. The Hall–Kier alpha value is -2.16. The van der Waals surface area contributed by atoms with Crippen LogP contribution in [0.2, 0.25) is 5.02 Å². The molecule has 1 aromatic heterocycles. The van der Waals surface area contributed by atoms with Crippen molar-refractivity contribution >= 4 is 17.6 Å². The highest BCUT2D eigenvalue weighted by atomic mass is 35.5. The van der Waals surface area contributed by atoms with Gasteiger partial charge in [0.05, 0.1) is 18.8 Å². The van der Waals surface area contributed by atoms with Crippen LogP contribution in [0.5, 0.6) is 0 Å². The molecule has 31 heavy (non-hydrogen) atoms. The lowest BCUT2D eigenvalue weighted by Crippen LogP contribution is -2.47. The Bertz CT molecular complexity index is 843. The number of aromatic nitrogens is 2. The number of hydrogen-bond donors (Lipinski definition) is 1. The molecule has 1 N–H and O–H groups in total. The molecule has 1 aromatic carbocycles. The summed E-state index contributed by atoms with van der Waals surface area (Å²) >= 11 is 5.94. The van der Waals surface area contributed by atoms with Gasteiger partial charge < -0.3 is 24.2 Å². The summed E-state index contributed by atoms with van der Waals surface area (Å²) in [5.41, 5.74) is 0.861. The van der Waals surface area contributed by atoms with E-state index in [0.717, 1.165) is 63.4 Å². The first kappa shape index (κ1) is 22.0. The zero-order valence-corrected chi connectivity index (χ0v) is 18.7. The maximum absolute atomic E-state index is 6.08. The molecule has 9 heteroatoms. The molecular weight excluding hydrogens is 418 g/mol. The Morgan fingerprint density at radius 2 is 2.06 bits per heavy atom. The maximum atomic E-state index is 6.08. The minimum Gasteiger partial charge on any atom is -0.376 e. The molecule has 0 saturated carbocycles. The highest BCUT2D eigenvalue weighted by molar-refractivity contribution is 6.30. The number of guanidine groups is 1. The summed E-state index contributed by atoms with van der Waals surface area (Å²) < 4.78 is 17.1. The normalized spacial score (nSPS) is 20.4. The van der Waals surface area contributed by atoms with Crippen molar-refractivity contribution in [2.45, 2.75) is 51.4 Å². The third-order valence-corrected chi connectivity index (χ3v) is 5.80. The molecule has 2 fully saturated rings. The van der Waals surface area contributed by atoms with Crippen molar-refractivity contribution in [1.29, 1.82) is 0 Å². The average Bonchev–Trinajstić information content (AvgIpc) is 3.48. The second-order valence-electron chi connectivity index (χ2n) is 7.84. The van der Waals surface area contributed by atoms with Crippen LogP contribution in [0, 0.1) is 0 Å². The van der Waals surface area contributed by atoms with Crippen molar-refractivity contribution in [3.8, 4) is 11.4 Å². The summed E-state index contributed by atoms with van der Waals surface area (Å²) in [5, 5.41) is 8.10. The maximum Gasteiger partial charge on any atom is 0.248 e. The van der Waals surface area contributed by atoms with Gasteiger partial charge in [0.2, 0.25) is 11.7 Å². The minimum absolute atomic E-state index is 0.282. The summed E-state index contributed by atoms with van der Waals surface area (Å²) in [6, 6.07) is 7.36. The molecule has 2 aliphatic rings. The van der Waals surface area contributed by atoms with Crippen molar-refractivity contribution < 1.29 is 14.0 Å². The van der Waals surface area contributed by atoms with Crippen molar-refractivity contribution in [2.24, 2.45) is 4.99 Å². The van der Waals surface area contributed by atoms with E-state index in [0.29, 0.717) is 36.0 Å². The van der Waals surface area contributed by atoms with Gasteiger partial charge in [0, 0.05) is 36.8 Å². The molecule has 3 heterocycles. The number of halogens is 1. The van der Waals surface area contributed by atoms with Crippen LogP contribution in [0.1, 0.15) is 38.5 Å². The van der Waals surface area contributed by atoms with Gasteiger partial charge >= 0.3 is 0 Å². The van der Waals surface area contributed by atoms with Crippen LogP contribution >= 0.6 is 11.6 Å². The van der Waals surface area contributed by atoms with Gasteiger partial charge in [-0.15, -0.1) is 0 Å². The van der Waals surface area contributed by atoms with Crippen LogP contribution < -0.4 is 5.32 Å². The van der Waals surface area contributed by atoms with Gasteiger partial charge in [-0.1, -0.05) is 16.8 Å². The minimum atomic E-state index is 0.282. The van der Waals surface area contributed by atoms with Crippen LogP contribution in [-0.4, -0.2) is 66.1 Å². The van der Waals surface area contributed by atoms with E-state index < -0.39 is 0 Å². The molecule has 2 aromatic rings. The summed E-state index contributed by atoms with van der Waals surface area (Å²) in [7, 11) is 0. The number of ether oxygens (including phenoxy) is 2. The quantitative estimate of drug-likeness (QED) is 0.513. The number of benzene rings is 1. The second-order valence-corrected chi connectivity index (χ2v) is 8.28. The molecule has 0 radical (unpaired) electrons. The lowest BCUT2D eigenvalue weighted by molar-refractivity contribution is -0.0367. The standard InChI is InChI=1S/C22H30ClN5O3/c1-2-24-22(28-11-9-18(10-12-28)30-15-19-4-3-13-29-19)25-14-20-26-21(27-31-20)16-5-7-17(23)8-6-16/h5-8,18-19H,2-4,9-15H2,1H3,(H,24,25). The summed E-state index contributed by atoms with van der Waals surface area (Å²) in [6.07, 6.45) is 4.81. The molecule has 1 unspecified atom stereocenters. The van der Waals surface area contributed by atoms with E-state index in [4.69, 9.17) is 30.6 Å². The first-order chi connectivity index (χ1) is 15.2. The van der Waals surface area contributed by atoms with Gasteiger partial charge in [0.25, 0.3) is 0 Å². The molecule has 8 nitrogen and oxygen atoms in total. The first-order valence-electron chi connectivity index (χ1n) is 11.1. The van der Waals surface area contributed by atoms with Gasteiger partial charge in [-0.3, -0.25) is 0 Å². The van der Waals surface area contributed by atoms with Crippen LogP contribution in [0.15, 0.2) is 33.8 Å². The van der Waals surface area contributed by atoms with Gasteiger partial charge in [0.15, 0.2) is 5.96 Å². The Morgan fingerprint density at radius 3 is 2.77 bits per heavy atom. The third kappa shape index (κ3) is 6.18. The smallest absolute Gasteiger partial charge is 0.248 e. The fraction of sp³-hybridized carbons (Fsp3) is 0.591. The van der Waals surface area contributed by atoms with Gasteiger partial charge in [-0.2, -0.15) is 4.98 Å². The molecule has 0 amide bonds. The zero-order valence-electron chi connectivity index (χ0n) is 17.9. The molecule has 4 rings (SSSR count). The lowest BCUT2D eigenvalue weighted by Gasteiger charge is -2.34. The first-order valence-corrected chi connectivity index (χ1v) is 11.4. The molecule has 0 spiro atoms. The molecular formula is C22H30ClN5O3. The van der Waals surface area contributed by atoms with E-state index in [9.17, 15) is 0 Å². The van der Waals surface area contributed by atoms with E-state index in [-0.39, 0.29) is 6.10 Å². The summed E-state index contributed by atoms with van der Waals surface area (Å²) in [5.74, 6) is 1.89. The van der Waals surface area contributed by atoms with Gasteiger partial charge in [0.1, 0.15) is 6.54 Å². The van der Waals surface area contributed by atoms with Gasteiger partial charge in [-0.05, 0) is 56.9 Å². The van der Waals surface area contributed by atoms with E-state index in [1.54, 1.807) is 0 Å². The molecule has 1 atom stereocenters. The van der Waals surface area contributed by atoms with E-state index >= 15 is 0 Å². The van der Waals surface area contributed by atoms with Gasteiger partial charge in [-0.25, -0.2) is 4.99 Å². The Morgan fingerprint density at radius 1 is 1.26 bits per heavy atom. The SMILES string of the molecule is CCNC(=NCc1nc(-c2ccc(Cl)cc2)no1)N1CCC(OCC2CCCO2)CC1. The lowest BCUT2D eigenvalue weighted by atomic mass is 10.1. The molecule has 0 aliphatic carbocycles. The van der Waals surface area contributed by atoms with Crippen molar-refractivity contribution in [3.63, 3.8) is 0 Å². The van der Waals surface area contributed by atoms with E-state index in [2.05, 4.69) is 27.3 Å². The summed E-state index contributed by atoms with van der Waals surface area (Å²) in [4.78, 5) is 11.4. The number of hydrogen-bond acceptors (Lipinski definition) is 6. The number of likely N-dealkylation sites (tertiary alicyclic amines) is 1. The Kier molecular flexibility index (Phi) is 7.77.